The number of benzene rings is 1. The Balaban J connectivity index is 0.00000341. The van der Waals surface area contributed by atoms with Gasteiger partial charge in [-0.25, -0.2) is 4.99 Å². The summed E-state index contributed by atoms with van der Waals surface area (Å²) in [6.07, 6.45) is 0. The van der Waals surface area contributed by atoms with E-state index in [1.54, 1.807) is 6.07 Å². The van der Waals surface area contributed by atoms with Crippen molar-refractivity contribution in [2.45, 2.75) is 27.0 Å². The quantitative estimate of drug-likeness (QED) is 0.275. The summed E-state index contributed by atoms with van der Waals surface area (Å²) in [6.45, 7) is 7.31. The van der Waals surface area contributed by atoms with E-state index in [0.717, 1.165) is 39.4 Å². The predicted octanol–water partition coefficient (Wildman–Crippen LogP) is 2.66. The van der Waals surface area contributed by atoms with Crippen molar-refractivity contribution in [3.8, 4) is 17.2 Å². The Morgan fingerprint density at radius 3 is 2.58 bits per heavy atom. The smallest absolute Gasteiger partial charge is 0.387 e. The molecule has 1 unspecified atom stereocenters. The van der Waals surface area contributed by atoms with Crippen molar-refractivity contribution in [2.24, 2.45) is 10.9 Å². The van der Waals surface area contributed by atoms with Crippen LogP contribution < -0.4 is 24.8 Å². The molecule has 11 heteroatoms. The number of morpholine rings is 1. The number of hydrogen-bond acceptors (Lipinski definition) is 6. The highest BCUT2D eigenvalue weighted by molar-refractivity contribution is 14.0. The molecule has 2 aliphatic heterocycles. The number of aliphatic imine (C=N–C) groups is 1. The molecule has 176 valence electrons. The Labute approximate surface area is 198 Å². The molecule has 0 saturated carbocycles. The van der Waals surface area contributed by atoms with E-state index in [9.17, 15) is 8.78 Å². The zero-order valence-corrected chi connectivity index (χ0v) is 20.2. The maximum absolute atomic E-state index is 12.8. The number of guanidine groups is 1. The fraction of sp³-hybridized carbons (Fsp3) is 0.650. The van der Waals surface area contributed by atoms with Gasteiger partial charge in [0.15, 0.2) is 17.5 Å². The van der Waals surface area contributed by atoms with Crippen LogP contribution in [0.1, 0.15) is 19.4 Å². The van der Waals surface area contributed by atoms with Crippen LogP contribution in [-0.2, 0) is 11.3 Å². The SMILES string of the molecule is CCNC(=NCc1cc2c(cc1OC(F)F)OCO2)NCC(C)CN1CCOCC1.I. The first-order valence-corrected chi connectivity index (χ1v) is 10.2. The van der Waals surface area contributed by atoms with E-state index in [-0.39, 0.29) is 43.1 Å². The molecule has 2 N–H and O–H groups in total. The molecule has 0 aromatic heterocycles. The average Bonchev–Trinajstić information content (AvgIpc) is 3.17. The van der Waals surface area contributed by atoms with E-state index in [1.165, 1.54) is 6.07 Å². The molecule has 1 aromatic rings. The lowest BCUT2D eigenvalue weighted by Crippen LogP contribution is -2.44. The fourth-order valence-corrected chi connectivity index (χ4v) is 3.36. The van der Waals surface area contributed by atoms with Crippen LogP contribution >= 0.6 is 24.0 Å². The number of rotatable bonds is 9. The molecule has 3 rings (SSSR count). The number of nitrogens with one attached hydrogen (secondary N) is 2. The summed E-state index contributed by atoms with van der Waals surface area (Å²) >= 11 is 0. The molecule has 1 fully saturated rings. The van der Waals surface area contributed by atoms with Gasteiger partial charge in [0.2, 0.25) is 6.79 Å². The molecule has 0 bridgehead atoms. The van der Waals surface area contributed by atoms with E-state index in [2.05, 4.69) is 32.2 Å². The van der Waals surface area contributed by atoms with E-state index in [4.69, 9.17) is 14.2 Å². The Morgan fingerprint density at radius 2 is 1.90 bits per heavy atom. The Hall–Kier alpha value is -1.60. The predicted molar refractivity (Wildman–Crippen MR) is 124 cm³/mol. The lowest BCUT2D eigenvalue weighted by molar-refractivity contribution is -0.0505. The van der Waals surface area contributed by atoms with E-state index in [1.807, 2.05) is 6.92 Å². The van der Waals surface area contributed by atoms with Gasteiger partial charge in [0, 0.05) is 44.4 Å². The van der Waals surface area contributed by atoms with Gasteiger partial charge >= 0.3 is 6.61 Å². The Kier molecular flexibility index (Phi) is 10.8. The normalized spacial score (nSPS) is 17.3. The second-order valence-electron chi connectivity index (χ2n) is 7.29. The van der Waals surface area contributed by atoms with Crippen molar-refractivity contribution in [3.05, 3.63) is 17.7 Å². The molecular weight excluding hydrogens is 525 g/mol. The van der Waals surface area contributed by atoms with Crippen molar-refractivity contribution in [1.29, 1.82) is 0 Å². The Morgan fingerprint density at radius 1 is 1.19 bits per heavy atom. The summed E-state index contributed by atoms with van der Waals surface area (Å²) in [5, 5.41) is 6.51. The summed E-state index contributed by atoms with van der Waals surface area (Å²) in [4.78, 5) is 6.92. The van der Waals surface area contributed by atoms with Crippen molar-refractivity contribution in [2.75, 3.05) is 52.7 Å². The van der Waals surface area contributed by atoms with Crippen molar-refractivity contribution in [3.63, 3.8) is 0 Å². The highest BCUT2D eigenvalue weighted by Gasteiger charge is 2.20. The van der Waals surface area contributed by atoms with Gasteiger partial charge in [0.25, 0.3) is 0 Å². The first-order valence-electron chi connectivity index (χ1n) is 10.2. The van der Waals surface area contributed by atoms with Crippen LogP contribution in [0.25, 0.3) is 0 Å². The first kappa shape index (κ1) is 25.7. The van der Waals surface area contributed by atoms with Crippen LogP contribution in [0.2, 0.25) is 0 Å². The maximum Gasteiger partial charge on any atom is 0.387 e. The standard InChI is InChI=1S/C20H30F2N4O4.HI/c1-3-23-20(24-10-14(2)12-26-4-6-27-7-5-26)25-11-15-8-17-18(29-13-28-17)9-16(15)30-19(21)22;/h8-9,14,19H,3-7,10-13H2,1-2H3,(H2,23,24,25);1H. The minimum Gasteiger partial charge on any atom is -0.454 e. The van der Waals surface area contributed by atoms with Gasteiger partial charge in [-0.05, 0) is 18.9 Å². The third-order valence-electron chi connectivity index (χ3n) is 4.82. The van der Waals surface area contributed by atoms with Crippen LogP contribution in [0.4, 0.5) is 8.78 Å². The molecule has 8 nitrogen and oxygen atoms in total. The molecule has 2 aliphatic rings. The molecule has 0 spiro atoms. The lowest BCUT2D eigenvalue weighted by atomic mass is 10.1. The highest BCUT2D eigenvalue weighted by Crippen LogP contribution is 2.39. The molecule has 31 heavy (non-hydrogen) atoms. The molecule has 1 atom stereocenters. The summed E-state index contributed by atoms with van der Waals surface area (Å²) in [7, 11) is 0. The van der Waals surface area contributed by atoms with Gasteiger partial charge in [-0.2, -0.15) is 8.78 Å². The van der Waals surface area contributed by atoms with Gasteiger partial charge in [0.1, 0.15) is 5.75 Å². The van der Waals surface area contributed by atoms with Gasteiger partial charge < -0.3 is 29.6 Å². The summed E-state index contributed by atoms with van der Waals surface area (Å²) in [5.41, 5.74) is 0.498. The molecule has 0 radical (unpaired) electrons. The molecule has 0 amide bonds. The monoisotopic (exact) mass is 556 g/mol. The van der Waals surface area contributed by atoms with Gasteiger partial charge in [-0.1, -0.05) is 6.92 Å². The number of halogens is 3. The topological polar surface area (TPSA) is 76.6 Å². The van der Waals surface area contributed by atoms with Gasteiger partial charge in [-0.15, -0.1) is 24.0 Å². The minimum absolute atomic E-state index is 0. The largest absolute Gasteiger partial charge is 0.454 e. The average molecular weight is 556 g/mol. The number of alkyl halides is 2. The third-order valence-corrected chi connectivity index (χ3v) is 4.82. The zero-order chi connectivity index (χ0) is 21.3. The second-order valence-corrected chi connectivity index (χ2v) is 7.29. The summed E-state index contributed by atoms with van der Waals surface area (Å²) < 4.78 is 46.2. The fourth-order valence-electron chi connectivity index (χ4n) is 3.36. The van der Waals surface area contributed by atoms with Crippen LogP contribution in [0.15, 0.2) is 17.1 Å². The van der Waals surface area contributed by atoms with Crippen molar-refractivity contribution >= 4 is 29.9 Å². The van der Waals surface area contributed by atoms with E-state index in [0.29, 0.717) is 35.5 Å². The second kappa shape index (κ2) is 13.1. The molecule has 1 saturated heterocycles. The lowest BCUT2D eigenvalue weighted by Gasteiger charge is -2.29. The third kappa shape index (κ3) is 8.11. The number of hydrogen-bond donors (Lipinski definition) is 2. The number of fused-ring (bicyclic) bond motifs is 1. The van der Waals surface area contributed by atoms with E-state index >= 15 is 0 Å². The zero-order valence-electron chi connectivity index (χ0n) is 17.9. The first-order chi connectivity index (χ1) is 14.5. The number of nitrogens with zero attached hydrogens (tertiary/aromatic N) is 2. The maximum atomic E-state index is 12.8. The van der Waals surface area contributed by atoms with Crippen LogP contribution in [0.5, 0.6) is 17.2 Å². The van der Waals surface area contributed by atoms with Crippen molar-refractivity contribution < 1.29 is 27.7 Å². The van der Waals surface area contributed by atoms with Crippen LogP contribution in [0.3, 0.4) is 0 Å². The van der Waals surface area contributed by atoms with Crippen molar-refractivity contribution in [1.82, 2.24) is 15.5 Å². The number of ether oxygens (including phenoxy) is 4. The van der Waals surface area contributed by atoms with E-state index < -0.39 is 6.61 Å². The van der Waals surface area contributed by atoms with Gasteiger partial charge in [-0.3, -0.25) is 4.90 Å². The van der Waals surface area contributed by atoms with Crippen LogP contribution in [0, 0.1) is 5.92 Å². The molecule has 0 aliphatic carbocycles. The molecular formula is C20H31F2IN4O4. The van der Waals surface area contributed by atoms with Crippen LogP contribution in [-0.4, -0.2) is 70.2 Å². The summed E-state index contributed by atoms with van der Waals surface area (Å²) in [6, 6.07) is 3.05. The highest BCUT2D eigenvalue weighted by atomic mass is 127. The van der Waals surface area contributed by atoms with Gasteiger partial charge in [0.05, 0.1) is 19.8 Å². The minimum atomic E-state index is -2.93. The molecule has 2 heterocycles. The summed E-state index contributed by atoms with van der Waals surface area (Å²) in [5.74, 6) is 1.95. The molecule has 1 aromatic carbocycles. The Bertz CT molecular complexity index is 721.